The maximum absolute atomic E-state index is 13.8. The van der Waals surface area contributed by atoms with Gasteiger partial charge in [-0.15, -0.1) is 0 Å². The van der Waals surface area contributed by atoms with Gasteiger partial charge in [0.25, 0.3) is 0 Å². The van der Waals surface area contributed by atoms with Crippen LogP contribution >= 0.6 is 0 Å². The highest BCUT2D eigenvalue weighted by atomic mass is 16.2. The highest BCUT2D eigenvalue weighted by Gasteiger charge is 2.29. The summed E-state index contributed by atoms with van der Waals surface area (Å²) < 4.78 is 1.93. The number of aryl methyl sites for hydroxylation is 1. The molecule has 5 rings (SSSR count). The van der Waals surface area contributed by atoms with Crippen LogP contribution < -0.4 is 16.0 Å². The monoisotopic (exact) mass is 497 g/mol. The fourth-order valence-electron chi connectivity index (χ4n) is 5.71. The van der Waals surface area contributed by atoms with Crippen LogP contribution in [-0.2, 0) is 11.2 Å². The lowest BCUT2D eigenvalue weighted by atomic mass is 9.84. The van der Waals surface area contributed by atoms with E-state index in [9.17, 15) is 10.1 Å². The number of hydrogen-bond donors (Lipinski definition) is 3. The van der Waals surface area contributed by atoms with Crippen molar-refractivity contribution in [1.29, 1.82) is 5.26 Å². The molecule has 1 saturated carbocycles. The second-order valence-corrected chi connectivity index (χ2v) is 10.2. The number of anilines is 2. The molecule has 192 valence electrons. The van der Waals surface area contributed by atoms with Crippen LogP contribution in [0.1, 0.15) is 74.1 Å². The Balaban J connectivity index is 1.39. The number of amides is 1. The van der Waals surface area contributed by atoms with Gasteiger partial charge in [0.1, 0.15) is 17.7 Å². The van der Waals surface area contributed by atoms with Crippen molar-refractivity contribution in [3.63, 3.8) is 0 Å². The number of carbonyl (C=O) groups is 1. The number of fused-ring (bicyclic) bond motifs is 1. The quantitative estimate of drug-likeness (QED) is 0.398. The first-order chi connectivity index (χ1) is 18.1. The van der Waals surface area contributed by atoms with Crippen molar-refractivity contribution in [1.82, 2.24) is 19.9 Å². The van der Waals surface area contributed by atoms with Gasteiger partial charge in [-0.1, -0.05) is 38.2 Å². The van der Waals surface area contributed by atoms with Gasteiger partial charge in [-0.25, -0.2) is 0 Å². The Hall–Kier alpha value is -3.86. The summed E-state index contributed by atoms with van der Waals surface area (Å²) in [5, 5.41) is 19.2. The molecule has 2 atom stereocenters. The number of hydrogen-bond acceptors (Lipinski definition) is 6. The molecule has 0 unspecified atom stereocenters. The minimum Gasteiger partial charge on any atom is -0.358 e. The lowest BCUT2D eigenvalue weighted by molar-refractivity contribution is -0.123. The minimum atomic E-state index is -0.399. The Kier molecular flexibility index (Phi) is 7.69. The molecule has 2 aliphatic carbocycles. The number of nitriles is 1. The third kappa shape index (κ3) is 5.93. The topological polar surface area (TPSA) is 108 Å². The summed E-state index contributed by atoms with van der Waals surface area (Å²) >= 11 is 0. The zero-order valence-corrected chi connectivity index (χ0v) is 21.4. The molecule has 0 saturated heterocycles. The van der Waals surface area contributed by atoms with Crippen LogP contribution in [0.25, 0.3) is 5.82 Å². The van der Waals surface area contributed by atoms with Crippen molar-refractivity contribution in [2.75, 3.05) is 17.7 Å². The van der Waals surface area contributed by atoms with Crippen LogP contribution in [-0.4, -0.2) is 33.5 Å². The lowest BCUT2D eigenvalue weighted by Gasteiger charge is -2.31. The first-order valence-corrected chi connectivity index (χ1v) is 13.4. The summed E-state index contributed by atoms with van der Waals surface area (Å²) in [5.74, 6) is 2.38. The standard InChI is InChI=1S/C29H35N7O/c1-31-29-34-26(18-27(35-29)36-14-5-6-15-36)32-25(17-20-8-3-2-4-9-20)28(37)33-24-11-7-10-22-16-21(19-30)12-13-23(22)24/h5-6,12-16,18,20,24-25H,2-4,7-11,17H2,1H3,(H,33,37)(H2,31,32,34,35)/t24-,25+/m0/s1. The average molecular weight is 498 g/mol. The van der Waals surface area contributed by atoms with Gasteiger partial charge in [0.15, 0.2) is 0 Å². The van der Waals surface area contributed by atoms with Crippen molar-refractivity contribution in [2.45, 2.75) is 69.9 Å². The Morgan fingerprint density at radius 2 is 1.92 bits per heavy atom. The highest BCUT2D eigenvalue weighted by Crippen LogP contribution is 2.32. The summed E-state index contributed by atoms with van der Waals surface area (Å²) in [4.78, 5) is 23.0. The molecule has 8 heteroatoms. The molecule has 0 radical (unpaired) electrons. The van der Waals surface area contributed by atoms with E-state index < -0.39 is 6.04 Å². The van der Waals surface area contributed by atoms with Gasteiger partial charge in [-0.3, -0.25) is 4.79 Å². The van der Waals surface area contributed by atoms with Gasteiger partial charge in [0.2, 0.25) is 11.9 Å². The second kappa shape index (κ2) is 11.5. The van der Waals surface area contributed by atoms with E-state index in [0.29, 0.717) is 23.2 Å². The van der Waals surface area contributed by atoms with Gasteiger partial charge in [0.05, 0.1) is 17.7 Å². The Labute approximate surface area is 218 Å². The van der Waals surface area contributed by atoms with E-state index in [-0.39, 0.29) is 11.9 Å². The molecule has 0 spiro atoms. The van der Waals surface area contributed by atoms with Crippen LogP contribution in [0.3, 0.4) is 0 Å². The molecule has 3 aromatic rings. The van der Waals surface area contributed by atoms with Crippen LogP contribution in [0, 0.1) is 17.2 Å². The van der Waals surface area contributed by atoms with E-state index in [1.54, 1.807) is 7.05 Å². The first-order valence-electron chi connectivity index (χ1n) is 13.4. The lowest BCUT2D eigenvalue weighted by Crippen LogP contribution is -2.43. The third-order valence-electron chi connectivity index (χ3n) is 7.64. The number of rotatable bonds is 8. The van der Waals surface area contributed by atoms with Crippen LogP contribution in [0.5, 0.6) is 0 Å². The molecule has 1 aromatic carbocycles. The molecule has 2 aliphatic rings. The number of benzene rings is 1. The molecule has 3 N–H and O–H groups in total. The van der Waals surface area contributed by atoms with Gasteiger partial charge in [-0.2, -0.15) is 15.2 Å². The van der Waals surface area contributed by atoms with Crippen LogP contribution in [0.2, 0.25) is 0 Å². The van der Waals surface area contributed by atoms with Crippen LogP contribution in [0.15, 0.2) is 48.8 Å². The first kappa shape index (κ1) is 24.8. The zero-order chi connectivity index (χ0) is 25.6. The van der Waals surface area contributed by atoms with Crippen molar-refractivity contribution < 1.29 is 4.79 Å². The molecular formula is C29H35N7O. The van der Waals surface area contributed by atoms with E-state index in [2.05, 4.69) is 32.0 Å². The van der Waals surface area contributed by atoms with E-state index in [4.69, 9.17) is 0 Å². The number of aromatic nitrogens is 3. The molecule has 0 aliphatic heterocycles. The van der Waals surface area contributed by atoms with Crippen LogP contribution in [0.4, 0.5) is 11.8 Å². The second-order valence-electron chi connectivity index (χ2n) is 10.2. The fourth-order valence-corrected chi connectivity index (χ4v) is 5.71. The highest BCUT2D eigenvalue weighted by molar-refractivity contribution is 5.85. The van der Waals surface area contributed by atoms with E-state index >= 15 is 0 Å². The Morgan fingerprint density at radius 1 is 1.11 bits per heavy atom. The molecule has 1 fully saturated rings. The van der Waals surface area contributed by atoms with Gasteiger partial charge in [0, 0.05) is 25.5 Å². The summed E-state index contributed by atoms with van der Waals surface area (Å²) in [7, 11) is 1.79. The van der Waals surface area contributed by atoms with E-state index in [1.165, 1.54) is 24.8 Å². The third-order valence-corrected chi connectivity index (χ3v) is 7.64. The van der Waals surface area contributed by atoms with Gasteiger partial charge >= 0.3 is 0 Å². The average Bonchev–Trinajstić information content (AvgIpc) is 3.48. The van der Waals surface area contributed by atoms with Gasteiger partial charge < -0.3 is 20.5 Å². The maximum atomic E-state index is 13.8. The fraction of sp³-hybridized carbons (Fsp3) is 0.448. The SMILES string of the molecule is CNc1nc(N[C@H](CC2CCCCC2)C(=O)N[C@H]2CCCc3cc(C#N)ccc32)cc(-n2cccc2)n1. The zero-order valence-electron chi connectivity index (χ0n) is 21.4. The Bertz CT molecular complexity index is 1260. The largest absolute Gasteiger partial charge is 0.358 e. The number of carbonyl (C=O) groups excluding carboxylic acids is 1. The van der Waals surface area contributed by atoms with Crippen molar-refractivity contribution in [3.05, 3.63) is 65.5 Å². The minimum absolute atomic E-state index is 0.0000766. The normalized spacial score (nSPS) is 18.3. The summed E-state index contributed by atoms with van der Waals surface area (Å²) in [6.07, 6.45) is 13.5. The smallest absolute Gasteiger partial charge is 0.243 e. The Morgan fingerprint density at radius 3 is 2.68 bits per heavy atom. The molecule has 8 nitrogen and oxygen atoms in total. The molecule has 0 bridgehead atoms. The van der Waals surface area contributed by atoms with E-state index in [1.807, 2.05) is 53.4 Å². The molecule has 2 aromatic heterocycles. The number of nitrogens with one attached hydrogen (secondary N) is 3. The maximum Gasteiger partial charge on any atom is 0.243 e. The van der Waals surface area contributed by atoms with E-state index in [0.717, 1.165) is 49.9 Å². The predicted molar refractivity (Wildman–Crippen MR) is 144 cm³/mol. The summed E-state index contributed by atoms with van der Waals surface area (Å²) in [6, 6.07) is 13.4. The van der Waals surface area contributed by atoms with Crippen molar-refractivity contribution in [2.24, 2.45) is 5.92 Å². The number of nitrogens with zero attached hydrogens (tertiary/aromatic N) is 4. The van der Waals surface area contributed by atoms with Gasteiger partial charge in [-0.05, 0) is 67.0 Å². The van der Waals surface area contributed by atoms with Crippen molar-refractivity contribution >= 4 is 17.7 Å². The van der Waals surface area contributed by atoms with Crippen molar-refractivity contribution in [3.8, 4) is 11.9 Å². The molecule has 37 heavy (non-hydrogen) atoms. The molecular weight excluding hydrogens is 462 g/mol. The summed E-state index contributed by atoms with van der Waals surface area (Å²) in [5.41, 5.74) is 2.97. The molecule has 1 amide bonds. The predicted octanol–water partition coefficient (Wildman–Crippen LogP) is 5.13. The summed E-state index contributed by atoms with van der Waals surface area (Å²) in [6.45, 7) is 0. The molecule has 2 heterocycles.